The molecular formula is C15H22N4S. The summed E-state index contributed by atoms with van der Waals surface area (Å²) in [5.41, 5.74) is 2.24. The normalized spacial score (nSPS) is 13.4. The van der Waals surface area contributed by atoms with Crippen molar-refractivity contribution < 1.29 is 0 Å². The fourth-order valence-electron chi connectivity index (χ4n) is 1.90. The van der Waals surface area contributed by atoms with E-state index in [9.17, 15) is 0 Å². The van der Waals surface area contributed by atoms with Crippen LogP contribution in [0.1, 0.15) is 55.0 Å². The van der Waals surface area contributed by atoms with E-state index in [0.717, 1.165) is 17.9 Å². The average molecular weight is 290 g/mol. The Bertz CT molecular complexity index is 557. The Kier molecular flexibility index (Phi) is 4.50. The van der Waals surface area contributed by atoms with Crippen molar-refractivity contribution in [3.63, 3.8) is 0 Å². The first-order valence-corrected chi connectivity index (χ1v) is 7.65. The first-order chi connectivity index (χ1) is 9.38. The van der Waals surface area contributed by atoms with Crippen molar-refractivity contribution in [1.29, 1.82) is 0 Å². The van der Waals surface area contributed by atoms with Crippen LogP contribution in [0.3, 0.4) is 0 Å². The molecule has 2 aromatic heterocycles. The van der Waals surface area contributed by atoms with Crippen molar-refractivity contribution in [3.8, 4) is 0 Å². The SMILES string of the molecule is Cc1nc(C(C)(C)C)sc1C(C)NCc1ccncn1. The lowest BCUT2D eigenvalue weighted by Gasteiger charge is -2.14. The smallest absolute Gasteiger partial charge is 0.115 e. The molecule has 0 bridgehead atoms. The van der Waals surface area contributed by atoms with E-state index in [0.29, 0.717) is 0 Å². The highest BCUT2D eigenvalue weighted by molar-refractivity contribution is 7.12. The lowest BCUT2D eigenvalue weighted by Crippen LogP contribution is -2.18. The summed E-state index contributed by atoms with van der Waals surface area (Å²) in [6, 6.07) is 2.21. The third kappa shape index (κ3) is 3.61. The van der Waals surface area contributed by atoms with E-state index in [1.807, 2.05) is 6.07 Å². The van der Waals surface area contributed by atoms with E-state index in [1.165, 1.54) is 9.88 Å². The number of aromatic nitrogens is 3. The summed E-state index contributed by atoms with van der Waals surface area (Å²) in [5.74, 6) is 0. The molecular weight excluding hydrogens is 268 g/mol. The highest BCUT2D eigenvalue weighted by Crippen LogP contribution is 2.32. The maximum Gasteiger partial charge on any atom is 0.115 e. The Morgan fingerprint density at radius 1 is 1.35 bits per heavy atom. The molecule has 0 saturated heterocycles. The molecule has 0 amide bonds. The molecule has 4 nitrogen and oxygen atoms in total. The predicted octanol–water partition coefficient (Wildman–Crippen LogP) is 3.39. The summed E-state index contributed by atoms with van der Waals surface area (Å²) in [7, 11) is 0. The number of aryl methyl sites for hydroxylation is 1. The second-order valence-corrected chi connectivity index (χ2v) is 7.05. The van der Waals surface area contributed by atoms with E-state index >= 15 is 0 Å². The maximum atomic E-state index is 4.71. The van der Waals surface area contributed by atoms with Crippen LogP contribution >= 0.6 is 11.3 Å². The summed E-state index contributed by atoms with van der Waals surface area (Å²) in [6.07, 6.45) is 3.35. The number of nitrogens with one attached hydrogen (secondary N) is 1. The van der Waals surface area contributed by atoms with E-state index < -0.39 is 0 Å². The molecule has 0 radical (unpaired) electrons. The van der Waals surface area contributed by atoms with Crippen molar-refractivity contribution in [2.45, 2.75) is 52.6 Å². The van der Waals surface area contributed by atoms with Gasteiger partial charge < -0.3 is 5.32 Å². The van der Waals surface area contributed by atoms with Crippen LogP contribution in [-0.2, 0) is 12.0 Å². The fraction of sp³-hybridized carbons (Fsp3) is 0.533. The zero-order valence-corrected chi connectivity index (χ0v) is 13.6. The summed E-state index contributed by atoms with van der Waals surface area (Å²) in [5, 5.41) is 4.70. The van der Waals surface area contributed by atoms with Crippen LogP contribution in [0.2, 0.25) is 0 Å². The molecule has 0 fully saturated rings. The molecule has 1 atom stereocenters. The largest absolute Gasteiger partial charge is 0.304 e. The minimum absolute atomic E-state index is 0.111. The quantitative estimate of drug-likeness (QED) is 0.937. The third-order valence-electron chi connectivity index (χ3n) is 3.10. The number of thiazole rings is 1. The van der Waals surface area contributed by atoms with Crippen LogP contribution in [0, 0.1) is 6.92 Å². The molecule has 0 aliphatic carbocycles. The molecule has 0 aromatic carbocycles. The number of nitrogens with zero attached hydrogens (tertiary/aromatic N) is 3. The minimum atomic E-state index is 0.111. The third-order valence-corrected chi connectivity index (χ3v) is 4.87. The fourth-order valence-corrected chi connectivity index (χ4v) is 3.05. The van der Waals surface area contributed by atoms with Crippen LogP contribution in [-0.4, -0.2) is 15.0 Å². The summed E-state index contributed by atoms with van der Waals surface area (Å²) in [4.78, 5) is 14.2. The zero-order valence-electron chi connectivity index (χ0n) is 12.8. The van der Waals surface area contributed by atoms with Gasteiger partial charge in [-0.15, -0.1) is 11.3 Å². The molecule has 1 unspecified atom stereocenters. The van der Waals surface area contributed by atoms with Gasteiger partial charge in [0.2, 0.25) is 0 Å². The summed E-state index contributed by atoms with van der Waals surface area (Å²) >= 11 is 1.80. The Morgan fingerprint density at radius 2 is 2.10 bits per heavy atom. The Morgan fingerprint density at radius 3 is 2.65 bits per heavy atom. The monoisotopic (exact) mass is 290 g/mol. The van der Waals surface area contributed by atoms with Gasteiger partial charge in [-0.25, -0.2) is 15.0 Å². The summed E-state index contributed by atoms with van der Waals surface area (Å²) in [6.45, 7) is 11.6. The molecule has 0 aliphatic heterocycles. The molecule has 1 N–H and O–H groups in total. The first kappa shape index (κ1) is 15.1. The predicted molar refractivity (Wildman–Crippen MR) is 82.8 cm³/mol. The van der Waals surface area contributed by atoms with Gasteiger partial charge in [0.1, 0.15) is 6.33 Å². The van der Waals surface area contributed by atoms with Crippen LogP contribution < -0.4 is 5.32 Å². The van der Waals surface area contributed by atoms with Crippen LogP contribution in [0.25, 0.3) is 0 Å². The van der Waals surface area contributed by atoms with Crippen molar-refractivity contribution in [2.75, 3.05) is 0 Å². The van der Waals surface area contributed by atoms with Gasteiger partial charge >= 0.3 is 0 Å². The Hall–Kier alpha value is -1.33. The standard InChI is InChI=1S/C15H22N4S/c1-10(17-8-12-6-7-16-9-18-12)13-11(2)19-14(20-13)15(3,4)5/h6-7,9-10,17H,8H2,1-5H3. The van der Waals surface area contributed by atoms with E-state index in [-0.39, 0.29) is 11.5 Å². The molecule has 2 heterocycles. The highest BCUT2D eigenvalue weighted by Gasteiger charge is 2.22. The number of hydrogen-bond donors (Lipinski definition) is 1. The molecule has 0 spiro atoms. The molecule has 0 saturated carbocycles. The second kappa shape index (κ2) is 5.97. The van der Waals surface area contributed by atoms with Gasteiger partial charge in [0.15, 0.2) is 0 Å². The first-order valence-electron chi connectivity index (χ1n) is 6.84. The van der Waals surface area contributed by atoms with Crippen LogP contribution in [0.5, 0.6) is 0 Å². The zero-order chi connectivity index (χ0) is 14.8. The van der Waals surface area contributed by atoms with Crippen molar-refractivity contribution in [3.05, 3.63) is 39.9 Å². The van der Waals surface area contributed by atoms with Gasteiger partial charge in [-0.05, 0) is 19.9 Å². The van der Waals surface area contributed by atoms with Gasteiger partial charge in [-0.1, -0.05) is 20.8 Å². The molecule has 20 heavy (non-hydrogen) atoms. The average Bonchev–Trinajstić information content (AvgIpc) is 2.79. The number of hydrogen-bond acceptors (Lipinski definition) is 5. The lowest BCUT2D eigenvalue weighted by molar-refractivity contribution is 0.570. The maximum absolute atomic E-state index is 4.71. The van der Waals surface area contributed by atoms with Crippen molar-refractivity contribution in [2.24, 2.45) is 0 Å². The molecule has 5 heteroatoms. The van der Waals surface area contributed by atoms with Gasteiger partial charge in [0, 0.05) is 29.1 Å². The van der Waals surface area contributed by atoms with Crippen LogP contribution in [0.15, 0.2) is 18.6 Å². The van der Waals surface area contributed by atoms with E-state index in [2.05, 4.69) is 49.9 Å². The summed E-state index contributed by atoms with van der Waals surface area (Å²) < 4.78 is 0. The van der Waals surface area contributed by atoms with Gasteiger partial charge in [-0.3, -0.25) is 0 Å². The lowest BCUT2D eigenvalue weighted by atomic mass is 9.98. The molecule has 108 valence electrons. The van der Waals surface area contributed by atoms with E-state index in [1.54, 1.807) is 23.9 Å². The topological polar surface area (TPSA) is 50.7 Å². The molecule has 0 aliphatic rings. The molecule has 2 rings (SSSR count). The van der Waals surface area contributed by atoms with Crippen molar-refractivity contribution >= 4 is 11.3 Å². The van der Waals surface area contributed by atoms with Crippen molar-refractivity contribution in [1.82, 2.24) is 20.3 Å². The van der Waals surface area contributed by atoms with E-state index in [4.69, 9.17) is 4.98 Å². The van der Waals surface area contributed by atoms with Gasteiger partial charge in [0.25, 0.3) is 0 Å². The Balaban J connectivity index is 2.06. The second-order valence-electron chi connectivity index (χ2n) is 6.02. The molecule has 2 aromatic rings. The Labute approximate surface area is 124 Å². The van der Waals surface area contributed by atoms with Gasteiger partial charge in [0.05, 0.1) is 16.4 Å². The van der Waals surface area contributed by atoms with Gasteiger partial charge in [-0.2, -0.15) is 0 Å². The van der Waals surface area contributed by atoms with Crippen LogP contribution in [0.4, 0.5) is 0 Å². The number of rotatable bonds is 4. The highest BCUT2D eigenvalue weighted by atomic mass is 32.1. The minimum Gasteiger partial charge on any atom is -0.304 e.